The van der Waals surface area contributed by atoms with Crippen LogP contribution in [0.5, 0.6) is 0 Å². The summed E-state index contributed by atoms with van der Waals surface area (Å²) < 4.78 is 44.7. The van der Waals surface area contributed by atoms with Crippen molar-refractivity contribution < 1.29 is 22.8 Å². The fourth-order valence-corrected chi connectivity index (χ4v) is 7.25. The summed E-state index contributed by atoms with van der Waals surface area (Å²) in [5.74, 6) is -0.0366. The van der Waals surface area contributed by atoms with Gasteiger partial charge in [0.15, 0.2) is 0 Å². The molecular formula is C40H41ClF3N7O3. The second-order valence-corrected chi connectivity index (χ2v) is 13.9. The van der Waals surface area contributed by atoms with E-state index in [-0.39, 0.29) is 52.3 Å². The summed E-state index contributed by atoms with van der Waals surface area (Å²) in [6.45, 7) is 8.09. The fourth-order valence-electron chi connectivity index (χ4n) is 6.88. The molecule has 0 aliphatic carbocycles. The average molecular weight is 760 g/mol. The number of nitrogens with zero attached hydrogens (tertiary/aromatic N) is 3. The van der Waals surface area contributed by atoms with E-state index in [1.807, 2.05) is 43.3 Å². The lowest BCUT2D eigenvalue weighted by atomic mass is 9.92. The van der Waals surface area contributed by atoms with Crippen molar-refractivity contribution in [2.24, 2.45) is 4.99 Å². The highest BCUT2D eigenvalue weighted by molar-refractivity contribution is 6.37. The van der Waals surface area contributed by atoms with Crippen LogP contribution in [0.3, 0.4) is 0 Å². The molecule has 2 aliphatic heterocycles. The summed E-state index contributed by atoms with van der Waals surface area (Å²) in [5, 5.41) is 12.2. The zero-order chi connectivity index (χ0) is 38.6. The van der Waals surface area contributed by atoms with E-state index in [2.05, 4.69) is 37.8 Å². The molecule has 2 saturated heterocycles. The Morgan fingerprint density at radius 1 is 1.00 bits per heavy atom. The Kier molecular flexibility index (Phi) is 11.8. The van der Waals surface area contributed by atoms with Crippen LogP contribution in [0, 0.1) is 6.92 Å². The number of hydrogen-bond donors (Lipinski definition) is 4. The van der Waals surface area contributed by atoms with Crippen molar-refractivity contribution in [3.8, 4) is 22.3 Å². The van der Waals surface area contributed by atoms with Gasteiger partial charge in [0.25, 0.3) is 5.56 Å². The molecule has 6 rings (SSSR count). The van der Waals surface area contributed by atoms with Crippen molar-refractivity contribution in [3.05, 3.63) is 117 Å². The van der Waals surface area contributed by atoms with Crippen molar-refractivity contribution in [2.45, 2.75) is 64.3 Å². The topological polar surface area (TPSA) is 129 Å². The number of amides is 2. The van der Waals surface area contributed by atoms with Gasteiger partial charge < -0.3 is 21.3 Å². The van der Waals surface area contributed by atoms with Crippen LogP contribution in [0.4, 0.5) is 13.2 Å². The van der Waals surface area contributed by atoms with Gasteiger partial charge in [0, 0.05) is 85.9 Å². The number of alkyl halides is 3. The molecule has 2 aromatic carbocycles. The highest BCUT2D eigenvalue weighted by Crippen LogP contribution is 2.38. The van der Waals surface area contributed by atoms with Crippen LogP contribution in [0.2, 0.25) is 5.02 Å². The molecule has 0 bridgehead atoms. The molecule has 2 atom stereocenters. The Hall–Kier alpha value is -5.11. The van der Waals surface area contributed by atoms with E-state index >= 15 is 0 Å². The van der Waals surface area contributed by atoms with Gasteiger partial charge in [-0.15, -0.1) is 0 Å². The highest BCUT2D eigenvalue weighted by atomic mass is 35.5. The van der Waals surface area contributed by atoms with Crippen LogP contribution in [-0.2, 0) is 16.1 Å². The van der Waals surface area contributed by atoms with Crippen LogP contribution < -0.4 is 26.8 Å². The number of benzene rings is 2. The normalized spacial score (nSPS) is 18.1. The molecule has 0 unspecified atom stereocenters. The molecule has 0 saturated carbocycles. The smallest absolute Gasteiger partial charge is 0.352 e. The van der Waals surface area contributed by atoms with E-state index < -0.39 is 11.9 Å². The molecule has 2 amide bonds. The molecule has 10 nitrogen and oxygen atoms in total. The van der Waals surface area contributed by atoms with E-state index in [0.717, 1.165) is 34.8 Å². The summed E-state index contributed by atoms with van der Waals surface area (Å²) >= 11 is 6.96. The maximum absolute atomic E-state index is 14.4. The predicted molar refractivity (Wildman–Crippen MR) is 204 cm³/mol. The number of carbonyl (C=O) groups excluding carboxylic acids is 2. The Balaban J connectivity index is 1.25. The summed E-state index contributed by atoms with van der Waals surface area (Å²) in [5.41, 5.74) is 3.94. The Morgan fingerprint density at radius 2 is 1.65 bits per heavy atom. The Morgan fingerprint density at radius 3 is 2.30 bits per heavy atom. The standard InChI is InChI=1S/C40H41ClF3N7O3/c1-4-25(18-45-21-28-11-13-35(52)49-28)38(40(42,43)44)48-24(3)32-9-6-10-33(37(32)41)31-8-5-7-30(23(31)2)26-15-16-51-34(17-26)47-20-27(39(51)54)19-46-22-29-12-14-36(53)50-29/h4-10,15-17,20,28-29,45-46H,1,11-14,18-19,21-22H2,2-3H3,(H,49,52)(H,50,53)/b38-25+,48-24+/t28-,29-/m0/s1. The van der Waals surface area contributed by atoms with Crippen LogP contribution >= 0.6 is 11.6 Å². The third-order valence-electron chi connectivity index (χ3n) is 9.79. The number of hydrogen-bond acceptors (Lipinski definition) is 7. The number of nitrogens with one attached hydrogen (secondary N) is 4. The third kappa shape index (κ3) is 8.64. The van der Waals surface area contributed by atoms with E-state index in [0.29, 0.717) is 61.2 Å². The second-order valence-electron chi connectivity index (χ2n) is 13.5. The van der Waals surface area contributed by atoms with E-state index in [9.17, 15) is 27.6 Å². The van der Waals surface area contributed by atoms with E-state index in [1.54, 1.807) is 24.5 Å². The van der Waals surface area contributed by atoms with Crippen molar-refractivity contribution in [3.63, 3.8) is 0 Å². The molecule has 2 fully saturated rings. The quantitative estimate of drug-likeness (QED) is 0.0973. The first-order valence-electron chi connectivity index (χ1n) is 17.7. The van der Waals surface area contributed by atoms with Gasteiger partial charge in [-0.1, -0.05) is 60.7 Å². The van der Waals surface area contributed by atoms with Gasteiger partial charge in [-0.3, -0.25) is 18.8 Å². The Labute approximate surface area is 315 Å². The predicted octanol–water partition coefficient (Wildman–Crippen LogP) is 6.04. The number of aliphatic imine (C=N–C) groups is 1. The van der Waals surface area contributed by atoms with Crippen molar-refractivity contribution >= 4 is 34.8 Å². The molecule has 4 aromatic rings. The second kappa shape index (κ2) is 16.5. The number of aromatic nitrogens is 2. The van der Waals surface area contributed by atoms with Gasteiger partial charge in [-0.2, -0.15) is 13.2 Å². The van der Waals surface area contributed by atoms with Gasteiger partial charge in [0.2, 0.25) is 11.8 Å². The van der Waals surface area contributed by atoms with Crippen molar-refractivity contribution in [1.82, 2.24) is 30.7 Å². The van der Waals surface area contributed by atoms with Gasteiger partial charge >= 0.3 is 6.18 Å². The number of fused-ring (bicyclic) bond motifs is 1. The maximum atomic E-state index is 14.4. The van der Waals surface area contributed by atoms with Gasteiger partial charge in [0.05, 0.1) is 5.02 Å². The van der Waals surface area contributed by atoms with Crippen LogP contribution in [0.15, 0.2) is 94.6 Å². The molecule has 4 heterocycles. The van der Waals surface area contributed by atoms with Gasteiger partial charge in [-0.25, -0.2) is 9.98 Å². The third-order valence-corrected chi connectivity index (χ3v) is 10.2. The molecule has 2 aromatic heterocycles. The summed E-state index contributed by atoms with van der Waals surface area (Å²) in [6.07, 6.45) is 1.90. The number of carbonyl (C=O) groups is 2. The van der Waals surface area contributed by atoms with Crippen LogP contribution in [0.25, 0.3) is 27.9 Å². The number of rotatable bonds is 13. The zero-order valence-corrected chi connectivity index (χ0v) is 30.7. The maximum Gasteiger partial charge on any atom is 0.433 e. The zero-order valence-electron chi connectivity index (χ0n) is 29.9. The number of halogens is 4. The lowest BCUT2D eigenvalue weighted by Gasteiger charge is -2.17. The molecule has 0 radical (unpaired) electrons. The monoisotopic (exact) mass is 759 g/mol. The van der Waals surface area contributed by atoms with Crippen molar-refractivity contribution in [2.75, 3.05) is 19.6 Å². The minimum Gasteiger partial charge on any atom is -0.352 e. The first-order chi connectivity index (χ1) is 25.8. The molecule has 0 spiro atoms. The molecular weight excluding hydrogens is 719 g/mol. The number of pyridine rings is 1. The molecule has 14 heteroatoms. The minimum absolute atomic E-state index is 0.0373. The van der Waals surface area contributed by atoms with Gasteiger partial charge in [0.1, 0.15) is 11.3 Å². The molecule has 282 valence electrons. The van der Waals surface area contributed by atoms with E-state index in [4.69, 9.17) is 11.6 Å². The SMILES string of the molecule is C=C/C(CNC[C@@H]1CCC(=O)N1)=C(\N=C(/C)c1cccc(-c2cccc(-c3ccn4c(=O)c(CNC[C@@H]5CCC(=O)N5)cnc4c3)c2C)c1Cl)C(F)(F)F. The summed E-state index contributed by atoms with van der Waals surface area (Å²) in [7, 11) is 0. The van der Waals surface area contributed by atoms with Crippen LogP contribution in [0.1, 0.15) is 49.3 Å². The van der Waals surface area contributed by atoms with E-state index in [1.165, 1.54) is 11.3 Å². The first kappa shape index (κ1) is 38.6. The lowest BCUT2D eigenvalue weighted by Crippen LogP contribution is -2.36. The largest absolute Gasteiger partial charge is 0.433 e. The first-order valence-corrected chi connectivity index (χ1v) is 18.1. The van der Waals surface area contributed by atoms with Gasteiger partial charge in [-0.05, 0) is 66.6 Å². The van der Waals surface area contributed by atoms with Crippen LogP contribution in [-0.4, -0.2) is 64.8 Å². The average Bonchev–Trinajstić information content (AvgIpc) is 3.76. The molecule has 4 N–H and O–H groups in total. The highest BCUT2D eigenvalue weighted by Gasteiger charge is 2.36. The lowest BCUT2D eigenvalue weighted by molar-refractivity contribution is -0.120. The van der Waals surface area contributed by atoms with Crippen molar-refractivity contribution in [1.29, 1.82) is 0 Å². The molecule has 54 heavy (non-hydrogen) atoms. The number of allylic oxidation sites excluding steroid dienone is 1. The Bertz CT molecular complexity index is 2230. The summed E-state index contributed by atoms with van der Waals surface area (Å²) in [4.78, 5) is 44.9. The molecule has 2 aliphatic rings. The minimum atomic E-state index is -4.77. The fraction of sp³-hybridized carbons (Fsp3) is 0.325. The summed E-state index contributed by atoms with van der Waals surface area (Å²) in [6, 6.07) is 14.5.